The highest BCUT2D eigenvalue weighted by atomic mass is 16.3. The van der Waals surface area contributed by atoms with E-state index in [0.717, 1.165) is 29.2 Å². The molecule has 4 nitrogen and oxygen atoms in total. The molecule has 118 valence electrons. The van der Waals surface area contributed by atoms with E-state index in [-0.39, 0.29) is 6.17 Å². The Hall–Kier alpha value is -3.01. The predicted molar refractivity (Wildman–Crippen MR) is 95.0 cm³/mol. The van der Waals surface area contributed by atoms with Crippen molar-refractivity contribution in [1.29, 1.82) is 0 Å². The van der Waals surface area contributed by atoms with Gasteiger partial charge in [-0.15, -0.1) is 0 Å². The topological polar surface area (TPSA) is 34.2 Å². The van der Waals surface area contributed by atoms with Crippen molar-refractivity contribution in [1.82, 2.24) is 9.55 Å². The van der Waals surface area contributed by atoms with Crippen molar-refractivity contribution >= 4 is 16.7 Å². The third-order valence-corrected chi connectivity index (χ3v) is 4.73. The Labute approximate surface area is 140 Å². The van der Waals surface area contributed by atoms with Gasteiger partial charge in [0.25, 0.3) is 0 Å². The van der Waals surface area contributed by atoms with Gasteiger partial charge in [0, 0.05) is 17.8 Å². The Morgan fingerprint density at radius 1 is 1.00 bits per heavy atom. The monoisotopic (exact) mass is 315 g/mol. The molecule has 0 saturated carbocycles. The highest BCUT2D eigenvalue weighted by Gasteiger charge is 2.34. The number of fused-ring (bicyclic) bond motifs is 5. The third-order valence-electron chi connectivity index (χ3n) is 4.73. The summed E-state index contributed by atoms with van der Waals surface area (Å²) >= 11 is 0. The molecular weight excluding hydrogens is 298 g/mol. The number of para-hydroxylation sites is 3. The lowest BCUT2D eigenvalue weighted by Gasteiger charge is -2.38. The molecule has 3 heterocycles. The molecule has 0 saturated heterocycles. The van der Waals surface area contributed by atoms with Crippen LogP contribution in [-0.4, -0.2) is 16.1 Å². The van der Waals surface area contributed by atoms with Crippen molar-refractivity contribution in [2.75, 3.05) is 11.4 Å². The van der Waals surface area contributed by atoms with Crippen LogP contribution in [-0.2, 0) is 0 Å². The third kappa shape index (κ3) is 1.71. The molecule has 0 aliphatic carbocycles. The minimum atomic E-state index is -0.0256. The summed E-state index contributed by atoms with van der Waals surface area (Å²) in [4.78, 5) is 7.29. The molecule has 24 heavy (non-hydrogen) atoms. The van der Waals surface area contributed by atoms with E-state index in [1.807, 2.05) is 18.2 Å². The zero-order chi connectivity index (χ0) is 16.1. The second kappa shape index (κ2) is 4.99. The predicted octanol–water partition coefficient (Wildman–Crippen LogP) is 4.68. The smallest absolute Gasteiger partial charge is 0.167 e. The normalized spacial score (nSPS) is 16.2. The van der Waals surface area contributed by atoms with Crippen LogP contribution in [0, 0.1) is 0 Å². The van der Waals surface area contributed by atoms with Gasteiger partial charge in [-0.3, -0.25) is 4.57 Å². The second-order valence-electron chi connectivity index (χ2n) is 5.99. The summed E-state index contributed by atoms with van der Waals surface area (Å²) in [6.07, 6.45) is 1.71. The molecule has 2 aromatic heterocycles. The van der Waals surface area contributed by atoms with Crippen molar-refractivity contribution in [3.63, 3.8) is 0 Å². The number of anilines is 1. The van der Waals surface area contributed by atoms with Gasteiger partial charge < -0.3 is 9.32 Å². The Balaban J connectivity index is 1.90. The van der Waals surface area contributed by atoms with Gasteiger partial charge in [-0.2, -0.15) is 0 Å². The van der Waals surface area contributed by atoms with Gasteiger partial charge in [0.1, 0.15) is 11.6 Å². The summed E-state index contributed by atoms with van der Waals surface area (Å²) in [6.45, 7) is 3.06. The van der Waals surface area contributed by atoms with Gasteiger partial charge in [0.2, 0.25) is 0 Å². The van der Waals surface area contributed by atoms with E-state index in [1.54, 1.807) is 6.26 Å². The van der Waals surface area contributed by atoms with E-state index in [4.69, 9.17) is 9.40 Å². The molecule has 5 rings (SSSR count). The first-order chi connectivity index (χ1) is 11.9. The summed E-state index contributed by atoms with van der Waals surface area (Å²) < 4.78 is 8.10. The SMILES string of the molecule is CCN1c2ccccc2-c2nc3ccccc3n2[C@H]1c1ccco1. The average molecular weight is 315 g/mol. The number of hydrogen-bond acceptors (Lipinski definition) is 3. The van der Waals surface area contributed by atoms with Crippen molar-refractivity contribution < 1.29 is 4.42 Å². The number of rotatable bonds is 2. The summed E-state index contributed by atoms with van der Waals surface area (Å²) in [6, 6.07) is 20.7. The fourth-order valence-electron chi connectivity index (χ4n) is 3.73. The van der Waals surface area contributed by atoms with Crippen molar-refractivity contribution in [2.24, 2.45) is 0 Å². The Morgan fingerprint density at radius 2 is 1.83 bits per heavy atom. The number of nitrogens with zero attached hydrogens (tertiary/aromatic N) is 3. The fourth-order valence-corrected chi connectivity index (χ4v) is 3.73. The Kier molecular flexibility index (Phi) is 2.80. The van der Waals surface area contributed by atoms with Crippen molar-refractivity contribution in [3.8, 4) is 11.4 Å². The van der Waals surface area contributed by atoms with Gasteiger partial charge >= 0.3 is 0 Å². The van der Waals surface area contributed by atoms with Crippen LogP contribution in [0.3, 0.4) is 0 Å². The number of benzene rings is 2. The minimum absolute atomic E-state index is 0.0256. The van der Waals surface area contributed by atoms with E-state index in [9.17, 15) is 0 Å². The zero-order valence-electron chi connectivity index (χ0n) is 13.4. The molecule has 0 bridgehead atoms. The summed E-state index contributed by atoms with van der Waals surface area (Å²) in [5.74, 6) is 1.92. The fraction of sp³-hybridized carbons (Fsp3) is 0.150. The molecule has 0 unspecified atom stereocenters. The van der Waals surface area contributed by atoms with Crippen LogP contribution in [0.2, 0.25) is 0 Å². The van der Waals surface area contributed by atoms with E-state index in [1.165, 1.54) is 11.3 Å². The molecule has 0 amide bonds. The van der Waals surface area contributed by atoms with Gasteiger partial charge in [0.05, 0.1) is 17.3 Å². The lowest BCUT2D eigenvalue weighted by atomic mass is 10.1. The molecule has 1 aliphatic heterocycles. The van der Waals surface area contributed by atoms with E-state index >= 15 is 0 Å². The summed E-state index contributed by atoms with van der Waals surface area (Å²) in [5.41, 5.74) is 4.50. The van der Waals surface area contributed by atoms with Crippen LogP contribution in [0.5, 0.6) is 0 Å². The van der Waals surface area contributed by atoms with Crippen molar-refractivity contribution in [2.45, 2.75) is 13.1 Å². The molecule has 0 fully saturated rings. The maximum absolute atomic E-state index is 5.80. The van der Waals surface area contributed by atoms with Crippen molar-refractivity contribution in [3.05, 3.63) is 72.7 Å². The minimum Gasteiger partial charge on any atom is -0.465 e. The van der Waals surface area contributed by atoms with Crippen LogP contribution >= 0.6 is 0 Å². The largest absolute Gasteiger partial charge is 0.465 e. The molecule has 2 aromatic carbocycles. The molecular formula is C20H17N3O. The number of hydrogen-bond donors (Lipinski definition) is 0. The van der Waals surface area contributed by atoms with Gasteiger partial charge in [0.15, 0.2) is 6.17 Å². The molecule has 1 atom stereocenters. The summed E-state index contributed by atoms with van der Waals surface area (Å²) in [5, 5.41) is 0. The Morgan fingerprint density at radius 3 is 2.67 bits per heavy atom. The molecule has 0 N–H and O–H groups in total. The first kappa shape index (κ1) is 13.4. The first-order valence-corrected chi connectivity index (χ1v) is 8.25. The summed E-state index contributed by atoms with van der Waals surface area (Å²) in [7, 11) is 0. The van der Waals surface area contributed by atoms with Gasteiger partial charge in [-0.25, -0.2) is 4.98 Å². The average Bonchev–Trinajstić information content (AvgIpc) is 3.28. The number of imidazole rings is 1. The van der Waals surface area contributed by atoms with E-state index in [2.05, 4.69) is 58.9 Å². The molecule has 0 spiro atoms. The lowest BCUT2D eigenvalue weighted by Crippen LogP contribution is -2.36. The Bertz CT molecular complexity index is 1020. The maximum Gasteiger partial charge on any atom is 0.167 e. The highest BCUT2D eigenvalue weighted by molar-refractivity contribution is 5.87. The highest BCUT2D eigenvalue weighted by Crippen LogP contribution is 2.44. The number of furan rings is 1. The lowest BCUT2D eigenvalue weighted by molar-refractivity contribution is 0.419. The maximum atomic E-state index is 5.80. The van der Waals surface area contributed by atoms with E-state index < -0.39 is 0 Å². The van der Waals surface area contributed by atoms with Crippen LogP contribution < -0.4 is 4.90 Å². The van der Waals surface area contributed by atoms with E-state index in [0.29, 0.717) is 0 Å². The molecule has 4 heteroatoms. The first-order valence-electron chi connectivity index (χ1n) is 8.25. The second-order valence-corrected chi connectivity index (χ2v) is 5.99. The number of aromatic nitrogens is 2. The standard InChI is InChI=1S/C20H17N3O/c1-2-22-16-10-5-3-8-14(16)19-21-15-9-4-6-11-17(15)23(19)20(22)18-12-7-13-24-18/h3-13,20H,2H2,1H3/t20-/m0/s1. The van der Waals surface area contributed by atoms with Crippen LogP contribution in [0.25, 0.3) is 22.4 Å². The molecule has 0 radical (unpaired) electrons. The quantitative estimate of drug-likeness (QED) is 0.538. The van der Waals surface area contributed by atoms with Crippen LogP contribution in [0.1, 0.15) is 18.8 Å². The molecule has 1 aliphatic rings. The molecule has 4 aromatic rings. The van der Waals surface area contributed by atoms with Crippen LogP contribution in [0.4, 0.5) is 5.69 Å². The van der Waals surface area contributed by atoms with Gasteiger partial charge in [-0.1, -0.05) is 24.3 Å². The van der Waals surface area contributed by atoms with Gasteiger partial charge in [-0.05, 0) is 43.3 Å². The zero-order valence-corrected chi connectivity index (χ0v) is 13.4. The van der Waals surface area contributed by atoms with Crippen LogP contribution in [0.15, 0.2) is 71.3 Å².